The van der Waals surface area contributed by atoms with Gasteiger partial charge in [-0.2, -0.15) is 0 Å². The van der Waals surface area contributed by atoms with Crippen LogP contribution in [0.2, 0.25) is 0 Å². The fraction of sp³-hybridized carbons (Fsp3) is 0.385. The van der Waals surface area contributed by atoms with Gasteiger partial charge in [-0.25, -0.2) is 0 Å². The maximum absolute atomic E-state index is 5.36. The number of benzene rings is 1. The fourth-order valence-electron chi connectivity index (χ4n) is 1.30. The lowest BCUT2D eigenvalue weighted by molar-refractivity contribution is 0.368. The minimum absolute atomic E-state index is 0.298. The van der Waals surface area contributed by atoms with E-state index in [9.17, 15) is 0 Å². The van der Waals surface area contributed by atoms with Gasteiger partial charge in [0.2, 0.25) is 0 Å². The molecule has 0 aliphatic carbocycles. The molecular weight excluding hydrogens is 266 g/mol. The van der Waals surface area contributed by atoms with Crippen molar-refractivity contribution >= 4 is 15.9 Å². The summed E-state index contributed by atoms with van der Waals surface area (Å²) in [5.74, 6) is 3.23. The van der Waals surface area contributed by atoms with Gasteiger partial charge >= 0.3 is 0 Å². The zero-order valence-corrected chi connectivity index (χ0v) is 11.0. The van der Waals surface area contributed by atoms with Crippen molar-refractivity contribution in [1.82, 2.24) is 5.32 Å². The molecule has 86 valence electrons. The van der Waals surface area contributed by atoms with E-state index in [4.69, 9.17) is 11.2 Å². The maximum Gasteiger partial charge on any atom is 0.148 e. The second kappa shape index (κ2) is 7.32. The second-order valence-corrected chi connectivity index (χ2v) is 4.29. The summed E-state index contributed by atoms with van der Waals surface area (Å²) in [5.41, 5.74) is 1.23. The summed E-state index contributed by atoms with van der Waals surface area (Å²) in [5, 5.41) is 3.35. The van der Waals surface area contributed by atoms with Crippen LogP contribution in [0.15, 0.2) is 22.7 Å². The Hall–Kier alpha value is -0.980. The number of terminal acetylenes is 1. The summed E-state index contributed by atoms with van der Waals surface area (Å²) >= 11 is 3.46. The molecule has 0 bridgehead atoms. The van der Waals surface area contributed by atoms with E-state index < -0.39 is 0 Å². The van der Waals surface area contributed by atoms with Crippen molar-refractivity contribution in [2.24, 2.45) is 0 Å². The molecule has 0 saturated carbocycles. The van der Waals surface area contributed by atoms with Gasteiger partial charge < -0.3 is 10.1 Å². The first-order valence-electron chi connectivity index (χ1n) is 5.33. The largest absolute Gasteiger partial charge is 0.480 e. The number of rotatable bonds is 6. The van der Waals surface area contributed by atoms with Gasteiger partial charge in [-0.1, -0.05) is 18.9 Å². The van der Waals surface area contributed by atoms with E-state index >= 15 is 0 Å². The lowest BCUT2D eigenvalue weighted by atomic mass is 10.2. The third-order valence-electron chi connectivity index (χ3n) is 2.06. The van der Waals surface area contributed by atoms with Gasteiger partial charge in [-0.05, 0) is 46.6 Å². The van der Waals surface area contributed by atoms with Crippen molar-refractivity contribution in [3.8, 4) is 18.1 Å². The Labute approximate surface area is 106 Å². The molecule has 0 unspecified atom stereocenters. The minimum atomic E-state index is 0.298. The first-order chi connectivity index (χ1) is 7.77. The van der Waals surface area contributed by atoms with E-state index in [2.05, 4.69) is 40.2 Å². The number of ether oxygens (including phenoxy) is 1. The molecule has 0 aromatic heterocycles. The summed E-state index contributed by atoms with van der Waals surface area (Å²) in [6.07, 6.45) is 6.28. The Morgan fingerprint density at radius 1 is 1.50 bits per heavy atom. The Balaban J connectivity index is 2.57. The Morgan fingerprint density at radius 2 is 2.31 bits per heavy atom. The highest BCUT2D eigenvalue weighted by molar-refractivity contribution is 9.10. The van der Waals surface area contributed by atoms with Crippen molar-refractivity contribution in [3.05, 3.63) is 28.2 Å². The molecule has 0 fully saturated rings. The number of halogens is 1. The molecule has 0 aliphatic heterocycles. The number of hydrogen-bond donors (Lipinski definition) is 1. The third kappa shape index (κ3) is 4.26. The first kappa shape index (κ1) is 13.1. The topological polar surface area (TPSA) is 21.3 Å². The van der Waals surface area contributed by atoms with Crippen molar-refractivity contribution in [2.45, 2.75) is 19.9 Å². The molecule has 3 heteroatoms. The smallest absolute Gasteiger partial charge is 0.148 e. The second-order valence-electron chi connectivity index (χ2n) is 3.43. The Bertz CT molecular complexity index is 371. The number of hydrogen-bond acceptors (Lipinski definition) is 2. The van der Waals surface area contributed by atoms with Crippen molar-refractivity contribution in [1.29, 1.82) is 0 Å². The maximum atomic E-state index is 5.36. The van der Waals surface area contributed by atoms with E-state index in [0.29, 0.717) is 6.61 Å². The van der Waals surface area contributed by atoms with Crippen LogP contribution in [0, 0.1) is 12.3 Å². The van der Waals surface area contributed by atoms with Crippen LogP contribution in [0.25, 0.3) is 0 Å². The predicted molar refractivity (Wildman–Crippen MR) is 70.5 cm³/mol. The van der Waals surface area contributed by atoms with E-state index in [-0.39, 0.29) is 0 Å². The van der Waals surface area contributed by atoms with Crippen LogP contribution < -0.4 is 10.1 Å². The zero-order chi connectivity index (χ0) is 11.8. The number of nitrogens with one attached hydrogen (secondary N) is 1. The molecular formula is C13H16BrNO. The van der Waals surface area contributed by atoms with Crippen LogP contribution in [0.5, 0.6) is 5.75 Å². The highest BCUT2D eigenvalue weighted by Crippen LogP contribution is 2.25. The zero-order valence-electron chi connectivity index (χ0n) is 9.42. The van der Waals surface area contributed by atoms with Crippen LogP contribution in [0.1, 0.15) is 18.9 Å². The molecule has 0 atom stereocenters. The summed E-state index contributed by atoms with van der Waals surface area (Å²) < 4.78 is 6.31. The van der Waals surface area contributed by atoms with Gasteiger partial charge in [0.05, 0.1) is 4.47 Å². The third-order valence-corrected chi connectivity index (χ3v) is 2.68. The summed E-state index contributed by atoms with van der Waals surface area (Å²) in [4.78, 5) is 0. The summed E-state index contributed by atoms with van der Waals surface area (Å²) in [7, 11) is 0. The predicted octanol–water partition coefficient (Wildman–Crippen LogP) is 2.96. The molecule has 0 radical (unpaired) electrons. The molecule has 1 N–H and O–H groups in total. The Morgan fingerprint density at radius 3 is 2.94 bits per heavy atom. The van der Waals surface area contributed by atoms with Crippen LogP contribution in [0.3, 0.4) is 0 Å². The molecule has 2 nitrogen and oxygen atoms in total. The highest BCUT2D eigenvalue weighted by Gasteiger charge is 2.01. The molecule has 1 aromatic rings. The highest BCUT2D eigenvalue weighted by atomic mass is 79.9. The average molecular weight is 282 g/mol. The van der Waals surface area contributed by atoms with Gasteiger partial charge in [0.1, 0.15) is 12.4 Å². The molecule has 0 spiro atoms. The molecule has 0 aliphatic rings. The van der Waals surface area contributed by atoms with Crippen molar-refractivity contribution in [2.75, 3.05) is 13.2 Å². The summed E-state index contributed by atoms with van der Waals surface area (Å²) in [6, 6.07) is 6.03. The van der Waals surface area contributed by atoms with Crippen LogP contribution in [0.4, 0.5) is 0 Å². The van der Waals surface area contributed by atoms with Crippen LogP contribution >= 0.6 is 15.9 Å². The van der Waals surface area contributed by atoms with Gasteiger partial charge in [0, 0.05) is 6.54 Å². The lowest BCUT2D eigenvalue weighted by Crippen LogP contribution is -2.13. The summed E-state index contributed by atoms with van der Waals surface area (Å²) in [6.45, 7) is 4.36. The monoisotopic (exact) mass is 281 g/mol. The normalized spacial score (nSPS) is 9.81. The van der Waals surface area contributed by atoms with E-state index in [1.165, 1.54) is 5.56 Å². The van der Waals surface area contributed by atoms with Crippen molar-refractivity contribution in [3.63, 3.8) is 0 Å². The van der Waals surface area contributed by atoms with Crippen molar-refractivity contribution < 1.29 is 4.74 Å². The SMILES string of the molecule is C#CCOc1ccc(CNCCC)cc1Br. The molecule has 16 heavy (non-hydrogen) atoms. The molecule has 0 saturated heterocycles. The molecule has 1 aromatic carbocycles. The molecule has 1 rings (SSSR count). The van der Waals surface area contributed by atoms with Crippen LogP contribution in [-0.2, 0) is 6.54 Å². The van der Waals surface area contributed by atoms with Crippen LogP contribution in [-0.4, -0.2) is 13.2 Å². The van der Waals surface area contributed by atoms with Gasteiger partial charge in [0.25, 0.3) is 0 Å². The fourth-order valence-corrected chi connectivity index (χ4v) is 1.84. The molecule has 0 heterocycles. The average Bonchev–Trinajstić information content (AvgIpc) is 2.28. The van der Waals surface area contributed by atoms with Gasteiger partial charge in [0.15, 0.2) is 0 Å². The standard InChI is InChI=1S/C13H16BrNO/c1-3-7-15-10-11-5-6-13(12(14)9-11)16-8-4-2/h2,5-6,9,15H,3,7-8,10H2,1H3. The minimum Gasteiger partial charge on any atom is -0.480 e. The molecule has 0 amide bonds. The quantitative estimate of drug-likeness (QED) is 0.640. The lowest BCUT2D eigenvalue weighted by Gasteiger charge is -2.08. The Kier molecular flexibility index (Phi) is 5.99. The van der Waals surface area contributed by atoms with Gasteiger partial charge in [-0.15, -0.1) is 6.42 Å². The van der Waals surface area contributed by atoms with E-state index in [1.807, 2.05) is 12.1 Å². The first-order valence-corrected chi connectivity index (χ1v) is 6.12. The van der Waals surface area contributed by atoms with Gasteiger partial charge in [-0.3, -0.25) is 0 Å². The van der Waals surface area contributed by atoms with E-state index in [0.717, 1.165) is 29.7 Å². The van der Waals surface area contributed by atoms with E-state index in [1.54, 1.807) is 0 Å².